The summed E-state index contributed by atoms with van der Waals surface area (Å²) in [5, 5.41) is 32.4. The highest BCUT2D eigenvalue weighted by Crippen LogP contribution is 2.31. The van der Waals surface area contributed by atoms with Crippen molar-refractivity contribution in [1.29, 1.82) is 0 Å². The fraction of sp³-hybridized carbons (Fsp3) is 0.438. The number of nitrogens with zero attached hydrogens (tertiary/aromatic N) is 1. The number of carbonyl (C=O) groups excluding carboxylic acids is 1. The van der Waals surface area contributed by atoms with E-state index in [0.29, 0.717) is 25.9 Å². The third-order valence-corrected chi connectivity index (χ3v) is 7.65. The van der Waals surface area contributed by atoms with Gasteiger partial charge in [-0.05, 0) is 67.2 Å². The standard InChI is InChI=1S/C32H40N2O5/c1-2-28-31(32(39)33-21-22-13-15-24(16-14-22)23-9-5-3-6-10-23)27-11-7-4-8-12-29(27)34(28)18-17-25(35)19-26(36)20-30(37)38/h3,5-6,9-10,13-16,25-26,35-36H,2,4,7-8,11-12,17-21H2,1H3,(H,33,39)(H,37,38)/t25-,26-/m1/s1. The van der Waals surface area contributed by atoms with E-state index in [1.165, 1.54) is 5.69 Å². The normalized spacial score (nSPS) is 14.7. The summed E-state index contributed by atoms with van der Waals surface area (Å²) in [7, 11) is 0. The lowest BCUT2D eigenvalue weighted by atomic mass is 10.0. The van der Waals surface area contributed by atoms with Gasteiger partial charge in [-0.2, -0.15) is 0 Å². The Morgan fingerprint density at radius 2 is 1.62 bits per heavy atom. The van der Waals surface area contributed by atoms with Gasteiger partial charge in [-0.1, -0.05) is 67.9 Å². The molecular formula is C32H40N2O5. The van der Waals surface area contributed by atoms with Crippen molar-refractivity contribution in [1.82, 2.24) is 9.88 Å². The van der Waals surface area contributed by atoms with E-state index in [2.05, 4.69) is 53.2 Å². The van der Waals surface area contributed by atoms with Gasteiger partial charge < -0.3 is 25.2 Å². The molecule has 3 aromatic rings. The molecule has 1 aromatic heterocycles. The van der Waals surface area contributed by atoms with Crippen LogP contribution in [0.2, 0.25) is 0 Å². The van der Waals surface area contributed by atoms with Gasteiger partial charge in [-0.15, -0.1) is 0 Å². The Morgan fingerprint density at radius 1 is 0.923 bits per heavy atom. The first-order valence-electron chi connectivity index (χ1n) is 14.1. The molecule has 1 aliphatic rings. The van der Waals surface area contributed by atoms with Crippen molar-refractivity contribution < 1.29 is 24.9 Å². The van der Waals surface area contributed by atoms with Gasteiger partial charge in [-0.25, -0.2) is 0 Å². The number of aliphatic hydroxyl groups excluding tert-OH is 2. The van der Waals surface area contributed by atoms with Crippen LogP contribution in [0.4, 0.5) is 0 Å². The molecule has 39 heavy (non-hydrogen) atoms. The Kier molecular flexibility index (Phi) is 9.96. The van der Waals surface area contributed by atoms with Crippen molar-refractivity contribution in [2.75, 3.05) is 0 Å². The monoisotopic (exact) mass is 532 g/mol. The lowest BCUT2D eigenvalue weighted by Crippen LogP contribution is -2.25. The van der Waals surface area contributed by atoms with Gasteiger partial charge >= 0.3 is 5.97 Å². The molecule has 0 spiro atoms. The first-order chi connectivity index (χ1) is 18.9. The van der Waals surface area contributed by atoms with E-state index in [-0.39, 0.29) is 18.7 Å². The van der Waals surface area contributed by atoms with Crippen LogP contribution in [-0.2, 0) is 37.1 Å². The molecule has 0 fully saturated rings. The SMILES string of the molecule is CCc1c(C(=O)NCc2ccc(-c3ccccc3)cc2)c2c(n1CC[C@@H](O)C[C@@H](O)CC(=O)O)CCCCC2. The van der Waals surface area contributed by atoms with E-state index in [0.717, 1.165) is 65.6 Å². The highest BCUT2D eigenvalue weighted by Gasteiger charge is 2.27. The first-order valence-corrected chi connectivity index (χ1v) is 14.1. The van der Waals surface area contributed by atoms with Crippen molar-refractivity contribution in [2.45, 2.75) is 90.0 Å². The van der Waals surface area contributed by atoms with Gasteiger partial charge in [0.25, 0.3) is 5.91 Å². The Bertz CT molecular complexity index is 1250. The van der Waals surface area contributed by atoms with Gasteiger partial charge in [0.15, 0.2) is 0 Å². The summed E-state index contributed by atoms with van der Waals surface area (Å²) >= 11 is 0. The molecule has 0 radical (unpaired) electrons. The summed E-state index contributed by atoms with van der Waals surface area (Å²) in [6.07, 6.45) is 3.83. The average molecular weight is 533 g/mol. The zero-order chi connectivity index (χ0) is 27.8. The Morgan fingerprint density at radius 3 is 2.31 bits per heavy atom. The smallest absolute Gasteiger partial charge is 0.305 e. The van der Waals surface area contributed by atoms with E-state index in [9.17, 15) is 19.8 Å². The van der Waals surface area contributed by atoms with Gasteiger partial charge in [0, 0.05) is 24.5 Å². The molecule has 0 unspecified atom stereocenters. The fourth-order valence-corrected chi connectivity index (χ4v) is 5.72. The molecule has 4 N–H and O–H groups in total. The third kappa shape index (κ3) is 7.37. The van der Waals surface area contributed by atoms with E-state index in [1.54, 1.807) is 0 Å². The Hall–Kier alpha value is -3.42. The molecule has 2 aromatic carbocycles. The Balaban J connectivity index is 1.48. The second-order valence-electron chi connectivity index (χ2n) is 10.5. The maximum absolute atomic E-state index is 13.6. The number of carbonyl (C=O) groups is 2. The number of aliphatic carboxylic acids is 1. The number of rotatable bonds is 12. The predicted molar refractivity (Wildman–Crippen MR) is 152 cm³/mol. The van der Waals surface area contributed by atoms with Crippen LogP contribution in [0.5, 0.6) is 0 Å². The van der Waals surface area contributed by atoms with Gasteiger partial charge in [0.1, 0.15) is 0 Å². The molecule has 0 saturated heterocycles. The van der Waals surface area contributed by atoms with Crippen LogP contribution in [0.3, 0.4) is 0 Å². The fourth-order valence-electron chi connectivity index (χ4n) is 5.72. The van der Waals surface area contributed by atoms with Crippen molar-refractivity contribution in [3.8, 4) is 11.1 Å². The lowest BCUT2D eigenvalue weighted by molar-refractivity contribution is -0.139. The van der Waals surface area contributed by atoms with Crippen LogP contribution in [0.15, 0.2) is 54.6 Å². The van der Waals surface area contributed by atoms with E-state index in [4.69, 9.17) is 5.11 Å². The number of aromatic nitrogens is 1. The van der Waals surface area contributed by atoms with Crippen molar-refractivity contribution >= 4 is 11.9 Å². The predicted octanol–water partition coefficient (Wildman–Crippen LogP) is 4.89. The molecule has 208 valence electrons. The highest BCUT2D eigenvalue weighted by molar-refractivity contribution is 5.97. The lowest BCUT2D eigenvalue weighted by Gasteiger charge is -2.18. The van der Waals surface area contributed by atoms with Crippen LogP contribution >= 0.6 is 0 Å². The number of benzene rings is 2. The number of fused-ring (bicyclic) bond motifs is 1. The first kappa shape index (κ1) is 28.6. The molecule has 4 rings (SSSR count). The van der Waals surface area contributed by atoms with Crippen LogP contribution in [-0.4, -0.2) is 44.0 Å². The maximum atomic E-state index is 13.6. The number of carboxylic acid groups (broad SMARTS) is 1. The zero-order valence-electron chi connectivity index (χ0n) is 22.7. The van der Waals surface area contributed by atoms with Gasteiger partial charge in [-0.3, -0.25) is 9.59 Å². The van der Waals surface area contributed by atoms with Crippen LogP contribution < -0.4 is 5.32 Å². The van der Waals surface area contributed by atoms with Crippen LogP contribution in [0.1, 0.15) is 78.3 Å². The molecule has 1 heterocycles. The molecule has 1 amide bonds. The minimum Gasteiger partial charge on any atom is -0.481 e. The average Bonchev–Trinajstić information content (AvgIpc) is 3.04. The summed E-state index contributed by atoms with van der Waals surface area (Å²) in [6, 6.07) is 18.5. The molecule has 2 atom stereocenters. The molecule has 0 bridgehead atoms. The number of carboxylic acids is 1. The minimum absolute atomic E-state index is 0.0215. The largest absolute Gasteiger partial charge is 0.481 e. The van der Waals surface area contributed by atoms with E-state index >= 15 is 0 Å². The third-order valence-electron chi connectivity index (χ3n) is 7.65. The van der Waals surface area contributed by atoms with Crippen molar-refractivity contribution in [2.24, 2.45) is 0 Å². The zero-order valence-corrected chi connectivity index (χ0v) is 22.7. The van der Waals surface area contributed by atoms with E-state index in [1.807, 2.05) is 18.2 Å². The van der Waals surface area contributed by atoms with E-state index < -0.39 is 18.2 Å². The summed E-state index contributed by atoms with van der Waals surface area (Å²) in [5.74, 6) is -1.14. The quantitative estimate of drug-likeness (QED) is 0.248. The number of nitrogens with one attached hydrogen (secondary N) is 1. The van der Waals surface area contributed by atoms with Gasteiger partial charge in [0.05, 0.1) is 24.2 Å². The number of amides is 1. The Labute approximate surface area is 230 Å². The van der Waals surface area contributed by atoms with Crippen LogP contribution in [0.25, 0.3) is 11.1 Å². The molecule has 0 aliphatic heterocycles. The molecule has 1 aliphatic carbocycles. The van der Waals surface area contributed by atoms with Gasteiger partial charge in [0.2, 0.25) is 0 Å². The molecular weight excluding hydrogens is 492 g/mol. The summed E-state index contributed by atoms with van der Waals surface area (Å²) in [6.45, 7) is 3.02. The molecule has 7 nitrogen and oxygen atoms in total. The van der Waals surface area contributed by atoms with Crippen molar-refractivity contribution in [3.05, 3.63) is 82.7 Å². The van der Waals surface area contributed by atoms with Crippen molar-refractivity contribution in [3.63, 3.8) is 0 Å². The highest BCUT2D eigenvalue weighted by atomic mass is 16.4. The number of aliphatic hydroxyl groups is 2. The summed E-state index contributed by atoms with van der Waals surface area (Å²) in [4.78, 5) is 24.5. The molecule has 0 saturated carbocycles. The minimum atomic E-state index is -1.08. The van der Waals surface area contributed by atoms with Crippen LogP contribution in [0, 0.1) is 0 Å². The second-order valence-corrected chi connectivity index (χ2v) is 10.5. The summed E-state index contributed by atoms with van der Waals surface area (Å²) < 4.78 is 2.21. The number of hydrogen-bond acceptors (Lipinski definition) is 4. The second kappa shape index (κ2) is 13.6. The topological polar surface area (TPSA) is 112 Å². The summed E-state index contributed by atoms with van der Waals surface area (Å²) in [5.41, 5.74) is 7.40. The maximum Gasteiger partial charge on any atom is 0.305 e. The molecule has 7 heteroatoms. The number of hydrogen-bond donors (Lipinski definition) is 4.